The van der Waals surface area contributed by atoms with Crippen molar-refractivity contribution in [3.63, 3.8) is 0 Å². The SMILES string of the molecule is O=C(c1ccsc1)N1CCCC[C@H]1c1ccn2ccnc2n1. The van der Waals surface area contributed by atoms with E-state index in [1.807, 2.05) is 44.6 Å². The molecule has 22 heavy (non-hydrogen) atoms. The lowest BCUT2D eigenvalue weighted by Gasteiger charge is -2.35. The van der Waals surface area contributed by atoms with Crippen LogP contribution in [-0.2, 0) is 0 Å². The average Bonchev–Trinajstić information content (AvgIpc) is 3.24. The first-order valence-corrected chi connectivity index (χ1v) is 8.40. The van der Waals surface area contributed by atoms with Gasteiger partial charge in [-0.15, -0.1) is 0 Å². The van der Waals surface area contributed by atoms with E-state index >= 15 is 0 Å². The number of hydrogen-bond donors (Lipinski definition) is 0. The van der Waals surface area contributed by atoms with Crippen molar-refractivity contribution in [2.24, 2.45) is 0 Å². The topological polar surface area (TPSA) is 50.5 Å². The monoisotopic (exact) mass is 312 g/mol. The van der Waals surface area contributed by atoms with Crippen molar-refractivity contribution in [2.45, 2.75) is 25.3 Å². The fourth-order valence-electron chi connectivity index (χ4n) is 3.04. The van der Waals surface area contributed by atoms with Gasteiger partial charge in [0.05, 0.1) is 17.3 Å². The number of imidazole rings is 1. The molecule has 1 fully saturated rings. The van der Waals surface area contributed by atoms with Gasteiger partial charge in [0.25, 0.3) is 5.91 Å². The molecule has 0 unspecified atom stereocenters. The highest BCUT2D eigenvalue weighted by Gasteiger charge is 2.30. The minimum atomic E-state index is 0.0443. The standard InChI is InChI=1S/C16H16N4OS/c21-15(12-5-10-22-11-12)20-7-2-1-3-14(20)13-4-8-19-9-6-17-16(19)18-13/h4-6,8-11,14H,1-3,7H2/t14-/m0/s1. The van der Waals surface area contributed by atoms with Gasteiger partial charge in [-0.2, -0.15) is 11.3 Å². The number of nitrogens with zero attached hydrogens (tertiary/aromatic N) is 4. The Hall–Kier alpha value is -2.21. The van der Waals surface area contributed by atoms with Crippen LogP contribution in [-0.4, -0.2) is 31.7 Å². The summed E-state index contributed by atoms with van der Waals surface area (Å²) in [7, 11) is 0. The number of hydrogen-bond acceptors (Lipinski definition) is 4. The Kier molecular flexibility index (Phi) is 3.38. The molecule has 0 radical (unpaired) electrons. The lowest BCUT2D eigenvalue weighted by Crippen LogP contribution is -2.38. The molecule has 0 N–H and O–H groups in total. The molecular formula is C16H16N4OS. The molecule has 1 aliphatic rings. The molecule has 5 nitrogen and oxygen atoms in total. The smallest absolute Gasteiger partial charge is 0.255 e. The second-order valence-electron chi connectivity index (χ2n) is 5.51. The van der Waals surface area contributed by atoms with E-state index in [0.29, 0.717) is 5.78 Å². The Balaban J connectivity index is 1.69. The molecule has 1 amide bonds. The van der Waals surface area contributed by atoms with E-state index in [2.05, 4.69) is 9.97 Å². The highest BCUT2D eigenvalue weighted by molar-refractivity contribution is 7.08. The first kappa shape index (κ1) is 13.5. The fraction of sp³-hybridized carbons (Fsp3) is 0.312. The van der Waals surface area contributed by atoms with Gasteiger partial charge < -0.3 is 4.90 Å². The van der Waals surface area contributed by atoms with Crippen molar-refractivity contribution >= 4 is 23.0 Å². The molecule has 3 aromatic rings. The Morgan fingerprint density at radius 2 is 2.23 bits per heavy atom. The van der Waals surface area contributed by atoms with Gasteiger partial charge in [0, 0.05) is 30.5 Å². The van der Waals surface area contributed by atoms with Gasteiger partial charge >= 0.3 is 0 Å². The maximum Gasteiger partial charge on any atom is 0.255 e. The molecule has 1 aliphatic heterocycles. The number of fused-ring (bicyclic) bond motifs is 1. The zero-order valence-electron chi connectivity index (χ0n) is 12.1. The van der Waals surface area contributed by atoms with Crippen LogP contribution in [0.15, 0.2) is 41.5 Å². The quantitative estimate of drug-likeness (QED) is 0.730. The molecule has 6 heteroatoms. The number of thiophene rings is 1. The minimum Gasteiger partial charge on any atom is -0.330 e. The number of aromatic nitrogens is 3. The number of rotatable bonds is 2. The summed E-state index contributed by atoms with van der Waals surface area (Å²) in [5.74, 6) is 0.793. The number of carbonyl (C=O) groups is 1. The van der Waals surface area contributed by atoms with Crippen LogP contribution in [0.5, 0.6) is 0 Å². The van der Waals surface area contributed by atoms with Crippen LogP contribution in [0.1, 0.15) is 41.4 Å². The van der Waals surface area contributed by atoms with Crippen LogP contribution >= 0.6 is 11.3 Å². The van der Waals surface area contributed by atoms with E-state index in [9.17, 15) is 4.79 Å². The third-order valence-electron chi connectivity index (χ3n) is 4.16. The maximum absolute atomic E-state index is 12.7. The fourth-order valence-corrected chi connectivity index (χ4v) is 3.67. The Morgan fingerprint density at radius 3 is 3.09 bits per heavy atom. The molecule has 112 valence electrons. The minimum absolute atomic E-state index is 0.0443. The van der Waals surface area contributed by atoms with Crippen molar-refractivity contribution in [2.75, 3.05) is 6.54 Å². The normalized spacial score (nSPS) is 18.7. The predicted octanol–water partition coefficient (Wildman–Crippen LogP) is 3.16. The van der Waals surface area contributed by atoms with Crippen LogP contribution in [0.25, 0.3) is 5.78 Å². The van der Waals surface area contributed by atoms with Crippen molar-refractivity contribution in [3.05, 3.63) is 52.7 Å². The molecule has 0 spiro atoms. The highest BCUT2D eigenvalue weighted by atomic mass is 32.1. The van der Waals surface area contributed by atoms with Crippen LogP contribution in [0.3, 0.4) is 0 Å². The molecule has 3 aromatic heterocycles. The van der Waals surface area contributed by atoms with Crippen LogP contribution < -0.4 is 0 Å². The van der Waals surface area contributed by atoms with Gasteiger partial charge in [-0.25, -0.2) is 9.97 Å². The predicted molar refractivity (Wildman–Crippen MR) is 84.9 cm³/mol. The van der Waals surface area contributed by atoms with E-state index < -0.39 is 0 Å². The third kappa shape index (κ3) is 2.29. The molecule has 4 heterocycles. The highest BCUT2D eigenvalue weighted by Crippen LogP contribution is 2.31. The van der Waals surface area contributed by atoms with E-state index in [4.69, 9.17) is 0 Å². The van der Waals surface area contributed by atoms with E-state index in [0.717, 1.165) is 37.1 Å². The summed E-state index contributed by atoms with van der Waals surface area (Å²) in [4.78, 5) is 23.6. The number of carbonyl (C=O) groups excluding carboxylic acids is 1. The summed E-state index contributed by atoms with van der Waals surface area (Å²) >= 11 is 1.56. The summed E-state index contributed by atoms with van der Waals surface area (Å²) in [5.41, 5.74) is 1.71. The van der Waals surface area contributed by atoms with Gasteiger partial charge in [0.15, 0.2) is 0 Å². The molecule has 1 atom stereocenters. The summed E-state index contributed by atoms with van der Waals surface area (Å²) < 4.78 is 1.89. The first-order valence-electron chi connectivity index (χ1n) is 7.46. The Labute approximate surface area is 132 Å². The van der Waals surface area contributed by atoms with E-state index in [-0.39, 0.29) is 11.9 Å². The van der Waals surface area contributed by atoms with Gasteiger partial charge in [0.2, 0.25) is 5.78 Å². The second-order valence-corrected chi connectivity index (χ2v) is 6.29. The van der Waals surface area contributed by atoms with Crippen molar-refractivity contribution in [1.82, 2.24) is 19.3 Å². The molecule has 0 bridgehead atoms. The molecule has 0 aromatic carbocycles. The van der Waals surface area contributed by atoms with Crippen molar-refractivity contribution in [1.29, 1.82) is 0 Å². The summed E-state index contributed by atoms with van der Waals surface area (Å²) in [6, 6.07) is 3.94. The van der Waals surface area contributed by atoms with Gasteiger partial charge in [-0.05, 0) is 36.8 Å². The summed E-state index contributed by atoms with van der Waals surface area (Å²) in [6.07, 6.45) is 8.71. The number of amides is 1. The second kappa shape index (κ2) is 5.53. The van der Waals surface area contributed by atoms with Crippen LogP contribution in [0, 0.1) is 0 Å². The maximum atomic E-state index is 12.7. The van der Waals surface area contributed by atoms with E-state index in [1.165, 1.54) is 0 Å². The Bertz CT molecular complexity index is 795. The third-order valence-corrected chi connectivity index (χ3v) is 4.84. The molecule has 0 aliphatic carbocycles. The molecule has 4 rings (SSSR count). The summed E-state index contributed by atoms with van der Waals surface area (Å²) in [5, 5.41) is 3.86. The van der Waals surface area contributed by atoms with Crippen LogP contribution in [0.4, 0.5) is 0 Å². The lowest BCUT2D eigenvalue weighted by molar-refractivity contribution is 0.0606. The largest absolute Gasteiger partial charge is 0.330 e. The Morgan fingerprint density at radius 1 is 1.27 bits per heavy atom. The lowest BCUT2D eigenvalue weighted by atomic mass is 9.98. The number of likely N-dealkylation sites (tertiary alicyclic amines) is 1. The zero-order valence-corrected chi connectivity index (χ0v) is 12.9. The van der Waals surface area contributed by atoms with Gasteiger partial charge in [0.1, 0.15) is 0 Å². The van der Waals surface area contributed by atoms with Crippen LogP contribution in [0.2, 0.25) is 0 Å². The first-order chi connectivity index (χ1) is 10.8. The molecule has 1 saturated heterocycles. The van der Waals surface area contributed by atoms with Crippen molar-refractivity contribution < 1.29 is 4.79 Å². The number of piperidine rings is 1. The van der Waals surface area contributed by atoms with Gasteiger partial charge in [-0.3, -0.25) is 9.20 Å². The van der Waals surface area contributed by atoms with Gasteiger partial charge in [-0.1, -0.05) is 0 Å². The average molecular weight is 312 g/mol. The zero-order chi connectivity index (χ0) is 14.9. The van der Waals surface area contributed by atoms with Crippen molar-refractivity contribution in [3.8, 4) is 0 Å². The molecular weight excluding hydrogens is 296 g/mol. The van der Waals surface area contributed by atoms with E-state index in [1.54, 1.807) is 17.5 Å². The summed E-state index contributed by atoms with van der Waals surface area (Å²) in [6.45, 7) is 0.792. The molecule has 0 saturated carbocycles.